The van der Waals surface area contributed by atoms with Gasteiger partial charge in [-0.3, -0.25) is 9.48 Å². The largest absolute Gasteiger partial charge is 0.573 e. The van der Waals surface area contributed by atoms with Crippen LogP contribution < -0.4 is 4.74 Å². The number of hydrogen-bond acceptors (Lipinski definition) is 3. The summed E-state index contributed by atoms with van der Waals surface area (Å²) in [7, 11) is 1.79. The first kappa shape index (κ1) is 17.4. The van der Waals surface area contributed by atoms with Crippen LogP contribution in [0.5, 0.6) is 5.75 Å². The van der Waals surface area contributed by atoms with Crippen molar-refractivity contribution in [3.8, 4) is 16.9 Å². The first-order chi connectivity index (χ1) is 12.7. The van der Waals surface area contributed by atoms with Crippen LogP contribution in [0.25, 0.3) is 22.0 Å². The summed E-state index contributed by atoms with van der Waals surface area (Å²) in [4.78, 5) is 11.3. The lowest BCUT2D eigenvalue weighted by Crippen LogP contribution is -2.16. The minimum Gasteiger partial charge on any atom is -0.481 e. The number of carbonyl (C=O) groups is 1. The molecule has 1 fully saturated rings. The topological polar surface area (TPSA) is 64.4 Å². The normalized spacial score (nSPS) is 19.3. The number of carboxylic acid groups (broad SMARTS) is 1. The molecule has 1 aliphatic carbocycles. The molecule has 140 valence electrons. The third-order valence-electron chi connectivity index (χ3n) is 4.83. The summed E-state index contributed by atoms with van der Waals surface area (Å²) in [5, 5.41) is 14.4. The predicted molar refractivity (Wildman–Crippen MR) is 91.3 cm³/mol. The van der Waals surface area contributed by atoms with Gasteiger partial charge in [-0.25, -0.2) is 0 Å². The molecule has 1 saturated carbocycles. The van der Waals surface area contributed by atoms with Crippen molar-refractivity contribution in [1.82, 2.24) is 9.78 Å². The molecule has 0 bridgehead atoms. The quantitative estimate of drug-likeness (QED) is 0.736. The van der Waals surface area contributed by atoms with Gasteiger partial charge in [0.2, 0.25) is 0 Å². The van der Waals surface area contributed by atoms with Gasteiger partial charge in [0.15, 0.2) is 0 Å². The molecule has 1 N–H and O–H groups in total. The van der Waals surface area contributed by atoms with Gasteiger partial charge in [0.25, 0.3) is 0 Å². The maximum Gasteiger partial charge on any atom is 0.573 e. The zero-order valence-corrected chi connectivity index (χ0v) is 14.2. The van der Waals surface area contributed by atoms with E-state index in [2.05, 4.69) is 9.84 Å². The Morgan fingerprint density at radius 3 is 2.52 bits per heavy atom. The van der Waals surface area contributed by atoms with Crippen LogP contribution in [-0.2, 0) is 11.8 Å². The number of aromatic nitrogens is 2. The summed E-state index contributed by atoms with van der Waals surface area (Å²) in [6, 6.07) is 9.40. The Balaban J connectivity index is 1.74. The number of carboxylic acids is 1. The van der Waals surface area contributed by atoms with Crippen molar-refractivity contribution in [2.45, 2.75) is 18.7 Å². The van der Waals surface area contributed by atoms with Crippen LogP contribution in [0.2, 0.25) is 0 Å². The van der Waals surface area contributed by atoms with Crippen LogP contribution in [0, 0.1) is 5.92 Å². The number of fused-ring (bicyclic) bond motifs is 1. The van der Waals surface area contributed by atoms with Gasteiger partial charge >= 0.3 is 12.3 Å². The number of halogens is 3. The van der Waals surface area contributed by atoms with Gasteiger partial charge in [-0.05, 0) is 47.2 Å². The lowest BCUT2D eigenvalue weighted by atomic mass is 9.97. The number of rotatable bonds is 4. The van der Waals surface area contributed by atoms with Gasteiger partial charge in [0.1, 0.15) is 5.75 Å². The fourth-order valence-corrected chi connectivity index (χ4v) is 3.41. The summed E-state index contributed by atoms with van der Waals surface area (Å²) in [6.07, 6.45) is -2.45. The fourth-order valence-electron chi connectivity index (χ4n) is 3.41. The third kappa shape index (κ3) is 3.34. The number of hydrogen-bond donors (Lipinski definition) is 1. The Kier molecular flexibility index (Phi) is 3.87. The SMILES string of the molecule is Cn1ncc2c([C@@H]3C[C@H]3C(=O)O)cc(-c3ccc(OC(F)(F)F)cc3)cc21. The maximum atomic E-state index is 12.3. The van der Waals surface area contributed by atoms with E-state index in [1.54, 1.807) is 30.1 Å². The highest BCUT2D eigenvalue weighted by Crippen LogP contribution is 2.50. The minimum absolute atomic E-state index is 0.0815. The molecule has 3 aromatic rings. The summed E-state index contributed by atoms with van der Waals surface area (Å²) < 4.78 is 42.6. The highest BCUT2D eigenvalue weighted by molar-refractivity contribution is 5.90. The Morgan fingerprint density at radius 1 is 1.22 bits per heavy atom. The lowest BCUT2D eigenvalue weighted by Gasteiger charge is -2.11. The van der Waals surface area contributed by atoms with Crippen molar-refractivity contribution in [3.63, 3.8) is 0 Å². The molecule has 27 heavy (non-hydrogen) atoms. The first-order valence-electron chi connectivity index (χ1n) is 8.27. The van der Waals surface area contributed by atoms with E-state index in [0.29, 0.717) is 12.0 Å². The van der Waals surface area contributed by atoms with Crippen molar-refractivity contribution in [3.05, 3.63) is 48.2 Å². The Bertz CT molecular complexity index is 1030. The van der Waals surface area contributed by atoms with Crippen LogP contribution in [0.15, 0.2) is 42.6 Å². The molecule has 0 unspecified atom stereocenters. The van der Waals surface area contributed by atoms with Crippen LogP contribution in [0.3, 0.4) is 0 Å². The van der Waals surface area contributed by atoms with E-state index in [1.807, 2.05) is 12.1 Å². The molecular weight excluding hydrogens is 361 g/mol. The Morgan fingerprint density at radius 2 is 1.93 bits per heavy atom. The molecule has 5 nitrogen and oxygen atoms in total. The lowest BCUT2D eigenvalue weighted by molar-refractivity contribution is -0.274. The zero-order chi connectivity index (χ0) is 19.3. The van der Waals surface area contributed by atoms with Crippen LogP contribution in [-0.4, -0.2) is 27.2 Å². The zero-order valence-electron chi connectivity index (χ0n) is 14.2. The van der Waals surface area contributed by atoms with Gasteiger partial charge in [0.05, 0.1) is 17.6 Å². The predicted octanol–water partition coefficient (Wildman–Crippen LogP) is 4.33. The molecule has 4 rings (SSSR count). The number of aryl methyl sites for hydroxylation is 1. The van der Waals surface area contributed by atoms with Crippen molar-refractivity contribution >= 4 is 16.9 Å². The molecule has 0 saturated heterocycles. The highest BCUT2D eigenvalue weighted by Gasteiger charge is 2.45. The van der Waals surface area contributed by atoms with E-state index in [0.717, 1.165) is 22.0 Å². The summed E-state index contributed by atoms with van der Waals surface area (Å²) in [6.45, 7) is 0. The number of nitrogens with zero attached hydrogens (tertiary/aromatic N) is 2. The Hall–Kier alpha value is -3.03. The molecule has 0 spiro atoms. The summed E-state index contributed by atoms with van der Waals surface area (Å²) in [5.74, 6) is -1.61. The summed E-state index contributed by atoms with van der Waals surface area (Å²) >= 11 is 0. The van der Waals surface area contributed by atoms with Crippen molar-refractivity contribution in [2.75, 3.05) is 0 Å². The molecular formula is C19H15F3N2O3. The molecule has 0 amide bonds. The number of aliphatic carboxylic acids is 1. The van der Waals surface area contributed by atoms with Gasteiger partial charge in [-0.2, -0.15) is 5.10 Å². The minimum atomic E-state index is -4.74. The fraction of sp³-hybridized carbons (Fsp3) is 0.263. The molecule has 8 heteroatoms. The van der Waals surface area contributed by atoms with Gasteiger partial charge in [-0.1, -0.05) is 18.2 Å². The maximum absolute atomic E-state index is 12.3. The number of benzene rings is 2. The third-order valence-corrected chi connectivity index (χ3v) is 4.83. The molecule has 1 aromatic heterocycles. The van der Waals surface area contributed by atoms with Gasteiger partial charge < -0.3 is 9.84 Å². The van der Waals surface area contributed by atoms with Crippen LogP contribution in [0.4, 0.5) is 13.2 Å². The molecule has 1 aliphatic rings. The smallest absolute Gasteiger partial charge is 0.481 e. The van der Waals surface area contributed by atoms with E-state index in [1.165, 1.54) is 12.1 Å². The van der Waals surface area contributed by atoms with Gasteiger partial charge in [0, 0.05) is 12.4 Å². The second-order valence-electron chi connectivity index (χ2n) is 6.63. The van der Waals surface area contributed by atoms with Gasteiger partial charge in [-0.15, -0.1) is 13.2 Å². The second-order valence-corrected chi connectivity index (χ2v) is 6.63. The molecule has 2 atom stereocenters. The van der Waals surface area contributed by atoms with E-state index in [-0.39, 0.29) is 11.7 Å². The second kappa shape index (κ2) is 6.00. The van der Waals surface area contributed by atoms with Crippen LogP contribution in [0.1, 0.15) is 17.9 Å². The van der Waals surface area contributed by atoms with Crippen molar-refractivity contribution in [2.24, 2.45) is 13.0 Å². The number of alkyl halides is 3. The average molecular weight is 376 g/mol. The average Bonchev–Trinajstić information content (AvgIpc) is 3.31. The molecule has 2 aromatic carbocycles. The van der Waals surface area contributed by atoms with E-state index in [4.69, 9.17) is 0 Å². The molecule has 0 aliphatic heterocycles. The standard InChI is InChI=1S/C19H15F3N2O3/c1-24-17-7-11(10-2-4-12(5-3-10)27-19(20,21)22)6-13(16(17)9-23-24)14-8-15(14)18(25)26/h2-7,9,14-15H,8H2,1H3,(H,25,26)/t14-,15+/m0/s1. The summed E-state index contributed by atoms with van der Waals surface area (Å²) in [5.41, 5.74) is 3.24. The monoisotopic (exact) mass is 376 g/mol. The number of ether oxygens (including phenoxy) is 1. The highest BCUT2D eigenvalue weighted by atomic mass is 19.4. The molecule has 1 heterocycles. The first-order valence-corrected chi connectivity index (χ1v) is 8.27. The van der Waals surface area contributed by atoms with Crippen molar-refractivity contribution in [1.29, 1.82) is 0 Å². The Labute approximate surface area is 152 Å². The van der Waals surface area contributed by atoms with E-state index in [9.17, 15) is 23.1 Å². The molecule has 0 radical (unpaired) electrons. The van der Waals surface area contributed by atoms with E-state index < -0.39 is 18.2 Å². The van der Waals surface area contributed by atoms with Crippen LogP contribution >= 0.6 is 0 Å². The van der Waals surface area contributed by atoms with Crippen molar-refractivity contribution < 1.29 is 27.8 Å². The van der Waals surface area contributed by atoms with E-state index >= 15 is 0 Å².